The lowest BCUT2D eigenvalue weighted by Crippen LogP contribution is -2.53. The molecule has 1 aliphatic rings. The highest BCUT2D eigenvalue weighted by Crippen LogP contribution is 2.20. The SMILES string of the molecule is C[C@@H](C(=O)NC(=O)NC(C)(C)C)N1CCc2ccccc2C1. The number of urea groups is 1. The molecule has 120 valence electrons. The molecule has 0 radical (unpaired) electrons. The average molecular weight is 303 g/mol. The number of carbonyl (C=O) groups excluding carboxylic acids is 2. The number of hydrogen-bond donors (Lipinski definition) is 2. The van der Waals surface area contributed by atoms with Gasteiger partial charge in [0.2, 0.25) is 5.91 Å². The van der Waals surface area contributed by atoms with Gasteiger partial charge in [0.15, 0.2) is 0 Å². The second kappa shape index (κ2) is 6.48. The molecule has 5 heteroatoms. The number of imide groups is 1. The number of fused-ring (bicyclic) bond motifs is 1. The van der Waals surface area contributed by atoms with Crippen molar-refractivity contribution in [3.63, 3.8) is 0 Å². The number of amides is 3. The molecule has 0 saturated carbocycles. The minimum absolute atomic E-state index is 0.263. The van der Waals surface area contributed by atoms with Gasteiger partial charge in [-0.15, -0.1) is 0 Å². The topological polar surface area (TPSA) is 61.4 Å². The Morgan fingerprint density at radius 3 is 2.45 bits per heavy atom. The summed E-state index contributed by atoms with van der Waals surface area (Å²) in [7, 11) is 0. The molecular formula is C17H25N3O2. The average Bonchev–Trinajstić information content (AvgIpc) is 2.43. The van der Waals surface area contributed by atoms with Crippen LogP contribution in [0.25, 0.3) is 0 Å². The van der Waals surface area contributed by atoms with E-state index in [4.69, 9.17) is 0 Å². The fourth-order valence-corrected chi connectivity index (χ4v) is 2.60. The number of rotatable bonds is 2. The maximum atomic E-state index is 12.2. The Bertz CT molecular complexity index is 563. The standard InChI is InChI=1S/C17H25N3O2/c1-12(15(21)18-16(22)19-17(2,3)4)20-10-9-13-7-5-6-8-14(13)11-20/h5-8,12H,9-11H2,1-4H3,(H2,18,19,21,22)/t12-/m0/s1. The summed E-state index contributed by atoms with van der Waals surface area (Å²) in [5.41, 5.74) is 2.24. The normalized spacial score (nSPS) is 16.5. The molecule has 2 rings (SSSR count). The van der Waals surface area contributed by atoms with Gasteiger partial charge in [0, 0.05) is 18.6 Å². The second-order valence-corrected chi connectivity index (χ2v) is 6.86. The van der Waals surface area contributed by atoms with Gasteiger partial charge in [-0.1, -0.05) is 24.3 Å². The maximum Gasteiger partial charge on any atom is 0.321 e. The summed E-state index contributed by atoms with van der Waals surface area (Å²) in [5.74, 6) is -0.263. The Labute approximate surface area is 132 Å². The molecule has 0 spiro atoms. The van der Waals surface area contributed by atoms with Crippen molar-refractivity contribution in [1.29, 1.82) is 0 Å². The van der Waals surface area contributed by atoms with Gasteiger partial charge in [-0.2, -0.15) is 0 Å². The van der Waals surface area contributed by atoms with Crippen LogP contribution in [0.15, 0.2) is 24.3 Å². The molecule has 0 bridgehead atoms. The zero-order valence-corrected chi connectivity index (χ0v) is 13.8. The second-order valence-electron chi connectivity index (χ2n) is 6.86. The number of nitrogens with one attached hydrogen (secondary N) is 2. The molecule has 22 heavy (non-hydrogen) atoms. The van der Waals surface area contributed by atoms with Crippen molar-refractivity contribution in [1.82, 2.24) is 15.5 Å². The predicted molar refractivity (Wildman–Crippen MR) is 86.4 cm³/mol. The summed E-state index contributed by atoms with van der Waals surface area (Å²) in [6, 6.07) is 7.51. The van der Waals surface area contributed by atoms with Gasteiger partial charge in [-0.25, -0.2) is 4.79 Å². The van der Waals surface area contributed by atoms with Crippen LogP contribution in [0.1, 0.15) is 38.8 Å². The van der Waals surface area contributed by atoms with Crippen molar-refractivity contribution in [2.75, 3.05) is 6.54 Å². The van der Waals surface area contributed by atoms with Crippen molar-refractivity contribution >= 4 is 11.9 Å². The zero-order chi connectivity index (χ0) is 16.3. The molecule has 0 saturated heterocycles. The molecule has 1 aromatic rings. The van der Waals surface area contributed by atoms with Crippen LogP contribution in [-0.4, -0.2) is 35.0 Å². The molecule has 3 amide bonds. The fourth-order valence-electron chi connectivity index (χ4n) is 2.60. The van der Waals surface area contributed by atoms with E-state index in [2.05, 4.69) is 27.7 Å². The molecule has 1 aliphatic heterocycles. The van der Waals surface area contributed by atoms with Crippen LogP contribution in [-0.2, 0) is 17.8 Å². The van der Waals surface area contributed by atoms with E-state index in [-0.39, 0.29) is 17.5 Å². The van der Waals surface area contributed by atoms with Crippen LogP contribution in [0.2, 0.25) is 0 Å². The van der Waals surface area contributed by atoms with Gasteiger partial charge >= 0.3 is 6.03 Å². The third-order valence-corrected chi connectivity index (χ3v) is 3.81. The number of hydrogen-bond acceptors (Lipinski definition) is 3. The van der Waals surface area contributed by atoms with E-state index in [1.165, 1.54) is 11.1 Å². The Morgan fingerprint density at radius 2 is 1.82 bits per heavy atom. The zero-order valence-electron chi connectivity index (χ0n) is 13.8. The molecule has 5 nitrogen and oxygen atoms in total. The van der Waals surface area contributed by atoms with Crippen LogP contribution in [0.5, 0.6) is 0 Å². The Kier molecular flexibility index (Phi) is 4.86. The lowest BCUT2D eigenvalue weighted by molar-refractivity contribution is -0.125. The van der Waals surface area contributed by atoms with Crippen LogP contribution >= 0.6 is 0 Å². The van der Waals surface area contributed by atoms with Gasteiger partial charge in [0.1, 0.15) is 0 Å². The van der Waals surface area contributed by atoms with Gasteiger partial charge in [-0.05, 0) is 45.2 Å². The fraction of sp³-hybridized carbons (Fsp3) is 0.529. The lowest BCUT2D eigenvalue weighted by atomic mass is 9.99. The summed E-state index contributed by atoms with van der Waals surface area (Å²) in [6.45, 7) is 9.04. The number of carbonyl (C=O) groups is 2. The van der Waals surface area contributed by atoms with Gasteiger partial charge < -0.3 is 5.32 Å². The first kappa shape index (κ1) is 16.5. The van der Waals surface area contributed by atoms with Gasteiger partial charge in [0.05, 0.1) is 6.04 Å². The largest absolute Gasteiger partial charge is 0.333 e. The molecule has 2 N–H and O–H groups in total. The monoisotopic (exact) mass is 303 g/mol. The molecular weight excluding hydrogens is 278 g/mol. The highest BCUT2D eigenvalue weighted by atomic mass is 16.2. The Balaban J connectivity index is 1.93. The molecule has 1 atom stereocenters. The van der Waals surface area contributed by atoms with Crippen molar-refractivity contribution in [3.8, 4) is 0 Å². The van der Waals surface area contributed by atoms with E-state index in [0.717, 1.165) is 19.5 Å². The van der Waals surface area contributed by atoms with E-state index >= 15 is 0 Å². The van der Waals surface area contributed by atoms with Crippen LogP contribution < -0.4 is 10.6 Å². The quantitative estimate of drug-likeness (QED) is 0.879. The van der Waals surface area contributed by atoms with E-state index in [1.807, 2.05) is 39.8 Å². The summed E-state index contributed by atoms with van der Waals surface area (Å²) in [5, 5.41) is 5.16. The highest BCUT2D eigenvalue weighted by Gasteiger charge is 2.26. The van der Waals surface area contributed by atoms with E-state index in [1.54, 1.807) is 0 Å². The summed E-state index contributed by atoms with van der Waals surface area (Å²) < 4.78 is 0. The van der Waals surface area contributed by atoms with Gasteiger partial charge in [0.25, 0.3) is 0 Å². The van der Waals surface area contributed by atoms with Crippen molar-refractivity contribution in [2.45, 2.75) is 52.2 Å². The third-order valence-electron chi connectivity index (χ3n) is 3.81. The lowest BCUT2D eigenvalue weighted by Gasteiger charge is -2.33. The summed E-state index contributed by atoms with van der Waals surface area (Å²) in [4.78, 5) is 26.1. The minimum Gasteiger partial charge on any atom is -0.333 e. The summed E-state index contributed by atoms with van der Waals surface area (Å²) >= 11 is 0. The third kappa shape index (κ3) is 4.31. The minimum atomic E-state index is -0.443. The Hall–Kier alpha value is -1.88. The molecule has 0 unspecified atom stereocenters. The number of benzene rings is 1. The smallest absolute Gasteiger partial charge is 0.321 e. The van der Waals surface area contributed by atoms with Crippen molar-refractivity contribution in [2.24, 2.45) is 0 Å². The maximum absolute atomic E-state index is 12.2. The molecule has 1 heterocycles. The van der Waals surface area contributed by atoms with E-state index in [0.29, 0.717) is 0 Å². The summed E-state index contributed by atoms with van der Waals surface area (Å²) in [6.07, 6.45) is 0.933. The highest BCUT2D eigenvalue weighted by molar-refractivity contribution is 5.97. The first-order valence-corrected chi connectivity index (χ1v) is 7.70. The first-order valence-electron chi connectivity index (χ1n) is 7.70. The van der Waals surface area contributed by atoms with Crippen molar-refractivity contribution in [3.05, 3.63) is 35.4 Å². The predicted octanol–water partition coefficient (Wildman–Crippen LogP) is 2.06. The van der Waals surface area contributed by atoms with E-state index in [9.17, 15) is 9.59 Å². The van der Waals surface area contributed by atoms with Crippen molar-refractivity contribution < 1.29 is 9.59 Å². The first-order chi connectivity index (χ1) is 10.3. The van der Waals surface area contributed by atoms with Crippen LogP contribution in [0.3, 0.4) is 0 Å². The molecule has 1 aromatic carbocycles. The van der Waals surface area contributed by atoms with Crippen LogP contribution in [0, 0.1) is 0 Å². The van der Waals surface area contributed by atoms with Crippen LogP contribution in [0.4, 0.5) is 4.79 Å². The Morgan fingerprint density at radius 1 is 1.18 bits per heavy atom. The van der Waals surface area contributed by atoms with E-state index < -0.39 is 6.03 Å². The molecule has 0 fully saturated rings. The van der Waals surface area contributed by atoms with Gasteiger partial charge in [-0.3, -0.25) is 15.0 Å². The molecule has 0 aliphatic carbocycles. The number of nitrogens with zero attached hydrogens (tertiary/aromatic N) is 1. The molecule has 0 aromatic heterocycles.